The fraction of sp³-hybridized carbons (Fsp3) is 0.529. The summed E-state index contributed by atoms with van der Waals surface area (Å²) in [6, 6.07) is 7.99. The average Bonchev–Trinajstić information content (AvgIpc) is 2.91. The normalized spacial score (nSPS) is 14.6. The van der Waals surface area contributed by atoms with E-state index < -0.39 is 6.29 Å². The monoisotopic (exact) mass is 335 g/mol. The molecule has 2 rings (SSSR count). The maximum absolute atomic E-state index is 12.4. The van der Waals surface area contributed by atoms with E-state index in [1.54, 1.807) is 9.80 Å². The maximum Gasteiger partial charge on any atom is 0.320 e. The van der Waals surface area contributed by atoms with Crippen LogP contribution in [0.2, 0.25) is 0 Å². The molecule has 0 unspecified atom stereocenters. The highest BCUT2D eigenvalue weighted by atomic mass is 16.7. The van der Waals surface area contributed by atoms with Gasteiger partial charge in [-0.25, -0.2) is 4.79 Å². The molecule has 1 aromatic carbocycles. The molecule has 0 atom stereocenters. The van der Waals surface area contributed by atoms with Crippen molar-refractivity contribution in [1.29, 1.82) is 0 Å². The minimum absolute atomic E-state index is 0.0450. The van der Waals surface area contributed by atoms with Crippen LogP contribution in [-0.4, -0.2) is 68.4 Å². The summed E-state index contributed by atoms with van der Waals surface area (Å²) < 4.78 is 10.0. The molecule has 0 spiro atoms. The van der Waals surface area contributed by atoms with E-state index >= 15 is 0 Å². The molecule has 0 radical (unpaired) electrons. The summed E-state index contributed by atoms with van der Waals surface area (Å²) in [5.74, 6) is -0.223. The van der Waals surface area contributed by atoms with Gasteiger partial charge in [0.15, 0.2) is 6.29 Å². The van der Waals surface area contributed by atoms with Gasteiger partial charge in [-0.1, -0.05) is 29.8 Å². The minimum Gasteiger partial charge on any atom is -0.354 e. The first-order chi connectivity index (χ1) is 11.5. The summed E-state index contributed by atoms with van der Waals surface area (Å²) in [5.41, 5.74) is 2.28. The summed E-state index contributed by atoms with van der Waals surface area (Å²) in [5, 5.41) is 2.70. The Bertz CT molecular complexity index is 557. The van der Waals surface area contributed by atoms with Gasteiger partial charge in [-0.2, -0.15) is 0 Å². The molecule has 7 heteroatoms. The lowest BCUT2D eigenvalue weighted by atomic mass is 10.1. The Hall–Kier alpha value is -2.12. The fourth-order valence-corrected chi connectivity index (χ4v) is 2.53. The Labute approximate surface area is 142 Å². The van der Waals surface area contributed by atoms with Crippen LogP contribution in [0, 0.1) is 6.92 Å². The number of hydrogen-bond acceptors (Lipinski definition) is 4. The molecular weight excluding hydrogens is 310 g/mol. The first-order valence-corrected chi connectivity index (χ1v) is 7.95. The van der Waals surface area contributed by atoms with Crippen molar-refractivity contribution in [3.63, 3.8) is 0 Å². The average molecular weight is 335 g/mol. The van der Waals surface area contributed by atoms with E-state index in [4.69, 9.17) is 9.47 Å². The quantitative estimate of drug-likeness (QED) is 0.719. The summed E-state index contributed by atoms with van der Waals surface area (Å²) in [6.45, 7) is 4.06. The zero-order valence-electron chi connectivity index (χ0n) is 14.4. The van der Waals surface area contributed by atoms with Gasteiger partial charge in [0.1, 0.15) is 6.54 Å². The van der Waals surface area contributed by atoms with Crippen LogP contribution in [0.15, 0.2) is 24.3 Å². The van der Waals surface area contributed by atoms with Crippen molar-refractivity contribution < 1.29 is 19.1 Å². The van der Waals surface area contributed by atoms with Crippen molar-refractivity contribution in [2.45, 2.75) is 19.8 Å². The highest BCUT2D eigenvalue weighted by Gasteiger charge is 2.29. The van der Waals surface area contributed by atoms with E-state index in [2.05, 4.69) is 5.32 Å². The molecular formula is C17H25N3O4. The molecule has 0 aromatic heterocycles. The van der Waals surface area contributed by atoms with Crippen LogP contribution < -0.4 is 5.32 Å². The molecule has 1 N–H and O–H groups in total. The number of benzene rings is 1. The van der Waals surface area contributed by atoms with E-state index in [1.165, 1.54) is 19.8 Å². The summed E-state index contributed by atoms with van der Waals surface area (Å²) in [7, 11) is 3.01. The van der Waals surface area contributed by atoms with Crippen molar-refractivity contribution in [1.82, 2.24) is 15.1 Å². The maximum atomic E-state index is 12.4. The summed E-state index contributed by atoms with van der Waals surface area (Å²) >= 11 is 0. The number of nitrogens with one attached hydrogen (secondary N) is 1. The Balaban J connectivity index is 1.80. The molecule has 7 nitrogen and oxygen atoms in total. The Morgan fingerprint density at radius 3 is 2.42 bits per heavy atom. The second kappa shape index (κ2) is 8.65. The largest absolute Gasteiger partial charge is 0.354 e. The molecule has 0 aliphatic carbocycles. The van der Waals surface area contributed by atoms with Crippen molar-refractivity contribution in [2.75, 3.05) is 40.4 Å². The van der Waals surface area contributed by atoms with Crippen LogP contribution in [0.5, 0.6) is 0 Å². The molecule has 132 valence electrons. The second-order valence-corrected chi connectivity index (χ2v) is 5.82. The van der Waals surface area contributed by atoms with Gasteiger partial charge >= 0.3 is 6.03 Å². The van der Waals surface area contributed by atoms with Crippen LogP contribution in [0.25, 0.3) is 0 Å². The smallest absolute Gasteiger partial charge is 0.320 e. The number of amides is 3. The van der Waals surface area contributed by atoms with E-state index in [-0.39, 0.29) is 25.0 Å². The first kappa shape index (κ1) is 18.2. The van der Waals surface area contributed by atoms with Crippen molar-refractivity contribution >= 4 is 11.9 Å². The van der Waals surface area contributed by atoms with Gasteiger partial charge in [0.2, 0.25) is 5.91 Å². The second-order valence-electron chi connectivity index (χ2n) is 5.82. The molecule has 1 aliphatic heterocycles. The number of nitrogens with zero attached hydrogens (tertiary/aromatic N) is 2. The topological polar surface area (TPSA) is 71.1 Å². The summed E-state index contributed by atoms with van der Waals surface area (Å²) in [4.78, 5) is 27.6. The molecule has 1 heterocycles. The van der Waals surface area contributed by atoms with Crippen molar-refractivity contribution in [2.24, 2.45) is 0 Å². The van der Waals surface area contributed by atoms with E-state index in [1.807, 2.05) is 31.2 Å². The number of carbonyl (C=O) groups is 2. The lowest BCUT2D eigenvalue weighted by Gasteiger charge is -2.19. The van der Waals surface area contributed by atoms with Crippen LogP contribution in [0.3, 0.4) is 0 Å². The number of methoxy groups -OCH3 is 2. The van der Waals surface area contributed by atoms with Crippen LogP contribution in [0.1, 0.15) is 11.1 Å². The number of hydrogen-bond donors (Lipinski definition) is 1. The lowest BCUT2D eigenvalue weighted by molar-refractivity contribution is -0.127. The lowest BCUT2D eigenvalue weighted by Crippen LogP contribution is -2.42. The van der Waals surface area contributed by atoms with E-state index in [0.717, 1.165) is 5.56 Å². The van der Waals surface area contributed by atoms with E-state index in [0.29, 0.717) is 19.6 Å². The zero-order chi connectivity index (χ0) is 17.5. The predicted octanol–water partition coefficient (Wildman–Crippen LogP) is 0.968. The molecule has 1 aromatic rings. The highest BCUT2D eigenvalue weighted by molar-refractivity contribution is 5.85. The van der Waals surface area contributed by atoms with Crippen LogP contribution in [0.4, 0.5) is 4.79 Å². The van der Waals surface area contributed by atoms with Gasteiger partial charge in [0, 0.05) is 33.9 Å². The standard InChI is InChI=1S/C17H25N3O4/c1-13-4-6-14(7-5-13)11-19-8-9-20(17(19)22)12-15(21)18-10-16(23-2)24-3/h4-7,16H,8-12H2,1-3H3,(H,18,21). The third-order valence-corrected chi connectivity index (χ3v) is 4.00. The minimum atomic E-state index is -0.485. The molecule has 1 aliphatic rings. The predicted molar refractivity (Wildman–Crippen MR) is 89.4 cm³/mol. The Morgan fingerprint density at radius 1 is 1.17 bits per heavy atom. The molecule has 1 saturated heterocycles. The fourth-order valence-electron chi connectivity index (χ4n) is 2.53. The van der Waals surface area contributed by atoms with Crippen molar-refractivity contribution in [3.8, 4) is 0 Å². The zero-order valence-corrected chi connectivity index (χ0v) is 14.4. The highest BCUT2D eigenvalue weighted by Crippen LogP contribution is 2.13. The van der Waals surface area contributed by atoms with Crippen LogP contribution in [-0.2, 0) is 20.8 Å². The third-order valence-electron chi connectivity index (χ3n) is 4.00. The number of aryl methyl sites for hydroxylation is 1. The SMILES string of the molecule is COC(CNC(=O)CN1CCN(Cc2ccc(C)cc2)C1=O)OC. The third kappa shape index (κ3) is 4.94. The van der Waals surface area contributed by atoms with E-state index in [9.17, 15) is 9.59 Å². The number of carbonyl (C=O) groups excluding carboxylic acids is 2. The molecule has 3 amide bonds. The van der Waals surface area contributed by atoms with Gasteiger partial charge < -0.3 is 24.6 Å². The van der Waals surface area contributed by atoms with Crippen LogP contribution >= 0.6 is 0 Å². The first-order valence-electron chi connectivity index (χ1n) is 7.95. The molecule has 1 fully saturated rings. The van der Waals surface area contributed by atoms with Gasteiger partial charge in [-0.3, -0.25) is 4.79 Å². The van der Waals surface area contributed by atoms with Gasteiger partial charge in [0.05, 0.1) is 6.54 Å². The summed E-state index contributed by atoms with van der Waals surface area (Å²) in [6.07, 6.45) is -0.485. The Kier molecular flexibility index (Phi) is 6.57. The molecule has 24 heavy (non-hydrogen) atoms. The van der Waals surface area contributed by atoms with Gasteiger partial charge in [-0.05, 0) is 12.5 Å². The molecule has 0 saturated carbocycles. The van der Waals surface area contributed by atoms with Crippen molar-refractivity contribution in [3.05, 3.63) is 35.4 Å². The Morgan fingerprint density at radius 2 is 1.79 bits per heavy atom. The number of ether oxygens (including phenoxy) is 2. The number of urea groups is 1. The molecule has 0 bridgehead atoms. The van der Waals surface area contributed by atoms with Gasteiger partial charge in [0.25, 0.3) is 0 Å². The van der Waals surface area contributed by atoms with Gasteiger partial charge in [-0.15, -0.1) is 0 Å². The number of rotatable bonds is 8.